The van der Waals surface area contributed by atoms with Gasteiger partial charge >= 0.3 is 5.97 Å². The van der Waals surface area contributed by atoms with Crippen LogP contribution in [0.3, 0.4) is 0 Å². The Morgan fingerprint density at radius 1 is 0.955 bits per heavy atom. The van der Waals surface area contributed by atoms with Gasteiger partial charge in [-0.05, 0) is 30.2 Å². The van der Waals surface area contributed by atoms with E-state index in [-0.39, 0.29) is 17.5 Å². The molecule has 0 fully saturated rings. The van der Waals surface area contributed by atoms with Crippen molar-refractivity contribution in [2.45, 2.75) is 13.3 Å². The number of hydroxylamine groups is 2. The second kappa shape index (κ2) is 5.44. The number of rotatable bonds is 3. The average molecular weight is 295 g/mol. The van der Waals surface area contributed by atoms with Crippen LogP contribution in [0.2, 0.25) is 0 Å². The number of fused-ring (bicyclic) bond motifs is 1. The third kappa shape index (κ3) is 2.37. The first-order valence-electron chi connectivity index (χ1n) is 6.81. The summed E-state index contributed by atoms with van der Waals surface area (Å²) >= 11 is 0. The van der Waals surface area contributed by atoms with Gasteiger partial charge in [0, 0.05) is 0 Å². The molecular formula is C17H13NO4. The van der Waals surface area contributed by atoms with E-state index in [0.717, 1.165) is 11.1 Å². The van der Waals surface area contributed by atoms with Crippen LogP contribution in [-0.4, -0.2) is 22.8 Å². The van der Waals surface area contributed by atoms with Crippen LogP contribution in [0.1, 0.15) is 31.8 Å². The molecule has 1 heterocycles. The zero-order valence-electron chi connectivity index (χ0n) is 11.9. The molecule has 5 nitrogen and oxygen atoms in total. The normalized spacial score (nSPS) is 13.2. The van der Waals surface area contributed by atoms with Gasteiger partial charge in [-0.3, -0.25) is 9.59 Å². The van der Waals surface area contributed by atoms with Crippen molar-refractivity contribution in [2.24, 2.45) is 0 Å². The molecule has 0 atom stereocenters. The van der Waals surface area contributed by atoms with Crippen molar-refractivity contribution >= 4 is 17.8 Å². The molecule has 0 unspecified atom stereocenters. The molecule has 2 aromatic carbocycles. The van der Waals surface area contributed by atoms with E-state index in [2.05, 4.69) is 0 Å². The number of carbonyl (C=O) groups excluding carboxylic acids is 3. The topological polar surface area (TPSA) is 63.7 Å². The van der Waals surface area contributed by atoms with Crippen molar-refractivity contribution in [3.8, 4) is 0 Å². The Bertz CT molecular complexity index is 747. The van der Waals surface area contributed by atoms with E-state index in [1.165, 1.54) is 12.1 Å². The first kappa shape index (κ1) is 14.0. The molecule has 1 aliphatic heterocycles. The van der Waals surface area contributed by atoms with E-state index in [4.69, 9.17) is 4.84 Å². The number of imide groups is 1. The van der Waals surface area contributed by atoms with E-state index in [1.807, 2.05) is 25.1 Å². The second-order valence-corrected chi connectivity index (χ2v) is 5.02. The van der Waals surface area contributed by atoms with Gasteiger partial charge in [0.2, 0.25) is 0 Å². The largest absolute Gasteiger partial charge is 0.337 e. The molecular weight excluding hydrogens is 282 g/mol. The summed E-state index contributed by atoms with van der Waals surface area (Å²) < 4.78 is 0. The molecule has 110 valence electrons. The van der Waals surface area contributed by atoms with Crippen molar-refractivity contribution in [3.63, 3.8) is 0 Å². The van der Waals surface area contributed by atoms with Gasteiger partial charge in [0.05, 0.1) is 17.5 Å². The van der Waals surface area contributed by atoms with Crippen LogP contribution in [0.15, 0.2) is 48.5 Å². The molecule has 2 amide bonds. The predicted octanol–water partition coefficient (Wildman–Crippen LogP) is 2.29. The van der Waals surface area contributed by atoms with E-state index >= 15 is 0 Å². The van der Waals surface area contributed by atoms with E-state index in [0.29, 0.717) is 5.06 Å². The lowest BCUT2D eigenvalue weighted by Gasteiger charge is -2.13. The number of aryl methyl sites for hydroxylation is 1. The Labute approximate surface area is 127 Å². The van der Waals surface area contributed by atoms with Crippen molar-refractivity contribution < 1.29 is 19.2 Å². The maximum absolute atomic E-state index is 12.1. The Balaban J connectivity index is 1.75. The van der Waals surface area contributed by atoms with E-state index in [9.17, 15) is 14.4 Å². The Morgan fingerprint density at radius 3 is 2.09 bits per heavy atom. The highest BCUT2D eigenvalue weighted by Gasteiger charge is 2.38. The summed E-state index contributed by atoms with van der Waals surface area (Å²) in [5, 5.41) is 0.533. The quantitative estimate of drug-likeness (QED) is 0.815. The summed E-state index contributed by atoms with van der Waals surface area (Å²) in [6.45, 7) is 1.88. The Morgan fingerprint density at radius 2 is 1.50 bits per heavy atom. The minimum Gasteiger partial charge on any atom is -0.329 e. The molecule has 5 heteroatoms. The van der Waals surface area contributed by atoms with Crippen LogP contribution < -0.4 is 0 Å². The van der Waals surface area contributed by atoms with Gasteiger partial charge < -0.3 is 4.84 Å². The highest BCUT2D eigenvalue weighted by atomic mass is 16.7. The Hall–Kier alpha value is -2.95. The monoisotopic (exact) mass is 295 g/mol. The highest BCUT2D eigenvalue weighted by molar-refractivity contribution is 6.20. The summed E-state index contributed by atoms with van der Waals surface area (Å²) in [6, 6.07) is 13.7. The molecule has 0 saturated carbocycles. The Kier molecular flexibility index (Phi) is 3.47. The van der Waals surface area contributed by atoms with Crippen molar-refractivity contribution in [2.75, 3.05) is 0 Å². The molecule has 0 aliphatic carbocycles. The second-order valence-electron chi connectivity index (χ2n) is 5.02. The number of hydrogen-bond donors (Lipinski definition) is 0. The number of amides is 2. The van der Waals surface area contributed by atoms with Crippen molar-refractivity contribution in [3.05, 3.63) is 70.8 Å². The lowest BCUT2D eigenvalue weighted by molar-refractivity contribution is -0.167. The number of nitrogens with zero attached hydrogens (tertiary/aromatic N) is 1. The summed E-state index contributed by atoms with van der Waals surface area (Å²) in [5.74, 6) is -1.87. The van der Waals surface area contributed by atoms with Crippen LogP contribution in [0.5, 0.6) is 0 Å². The molecule has 0 bridgehead atoms. The van der Waals surface area contributed by atoms with Crippen LogP contribution in [0, 0.1) is 6.92 Å². The lowest BCUT2D eigenvalue weighted by Crippen LogP contribution is -2.33. The first-order valence-corrected chi connectivity index (χ1v) is 6.81. The van der Waals surface area contributed by atoms with E-state index < -0.39 is 17.8 Å². The summed E-state index contributed by atoms with van der Waals surface area (Å²) in [6.07, 6.45) is 0.0000779. The summed E-state index contributed by atoms with van der Waals surface area (Å²) in [4.78, 5) is 41.1. The average Bonchev–Trinajstić information content (AvgIpc) is 2.75. The molecule has 2 aromatic rings. The maximum Gasteiger partial charge on any atom is 0.337 e. The van der Waals surface area contributed by atoms with Crippen molar-refractivity contribution in [1.82, 2.24) is 5.06 Å². The molecule has 0 aromatic heterocycles. The lowest BCUT2D eigenvalue weighted by atomic mass is 10.1. The van der Waals surface area contributed by atoms with Gasteiger partial charge in [0.25, 0.3) is 11.8 Å². The van der Waals surface area contributed by atoms with Crippen LogP contribution in [-0.2, 0) is 16.1 Å². The minimum absolute atomic E-state index is 0.0000779. The smallest absolute Gasteiger partial charge is 0.329 e. The summed E-state index contributed by atoms with van der Waals surface area (Å²) in [5.41, 5.74) is 2.23. The molecule has 22 heavy (non-hydrogen) atoms. The highest BCUT2D eigenvalue weighted by Crippen LogP contribution is 2.23. The molecule has 3 rings (SSSR count). The van der Waals surface area contributed by atoms with Crippen LogP contribution in [0.25, 0.3) is 0 Å². The van der Waals surface area contributed by atoms with Crippen LogP contribution >= 0.6 is 0 Å². The predicted molar refractivity (Wildman–Crippen MR) is 77.9 cm³/mol. The number of hydrogen-bond acceptors (Lipinski definition) is 4. The third-order valence-corrected chi connectivity index (χ3v) is 3.55. The first-order chi connectivity index (χ1) is 10.6. The van der Waals surface area contributed by atoms with Gasteiger partial charge in [-0.1, -0.05) is 41.5 Å². The van der Waals surface area contributed by atoms with E-state index in [1.54, 1.807) is 18.2 Å². The summed E-state index contributed by atoms with van der Waals surface area (Å²) in [7, 11) is 0. The number of benzene rings is 2. The van der Waals surface area contributed by atoms with Crippen molar-refractivity contribution in [1.29, 1.82) is 0 Å². The molecule has 0 N–H and O–H groups in total. The SMILES string of the molecule is Cc1ccccc1CC(=O)ON1C(=O)c2ccccc2C1=O. The third-order valence-electron chi connectivity index (χ3n) is 3.55. The standard InChI is InChI=1S/C17H13NO4/c1-11-6-2-3-7-12(11)10-15(19)22-18-16(20)13-8-4-5-9-14(13)17(18)21/h2-9H,10H2,1H3. The molecule has 1 aliphatic rings. The maximum atomic E-state index is 12.1. The number of carbonyl (C=O) groups is 3. The fourth-order valence-electron chi connectivity index (χ4n) is 2.35. The molecule has 0 radical (unpaired) electrons. The zero-order chi connectivity index (χ0) is 15.7. The zero-order valence-corrected chi connectivity index (χ0v) is 11.9. The van der Waals surface area contributed by atoms with Gasteiger partial charge in [0.1, 0.15) is 0 Å². The van der Waals surface area contributed by atoms with Gasteiger partial charge in [-0.25, -0.2) is 4.79 Å². The van der Waals surface area contributed by atoms with Gasteiger partial charge in [-0.15, -0.1) is 0 Å². The van der Waals surface area contributed by atoms with Gasteiger partial charge in [-0.2, -0.15) is 0 Å². The minimum atomic E-state index is -0.649. The fourth-order valence-corrected chi connectivity index (χ4v) is 2.35. The molecule has 0 saturated heterocycles. The van der Waals surface area contributed by atoms with Crippen LogP contribution in [0.4, 0.5) is 0 Å². The fraction of sp³-hybridized carbons (Fsp3) is 0.118. The van der Waals surface area contributed by atoms with Gasteiger partial charge in [0.15, 0.2) is 0 Å². The molecule has 0 spiro atoms.